The molecule has 7 nitrogen and oxygen atoms in total. The highest BCUT2D eigenvalue weighted by Gasteiger charge is 2.21. The summed E-state index contributed by atoms with van der Waals surface area (Å²) < 4.78 is 31.5. The summed E-state index contributed by atoms with van der Waals surface area (Å²) in [7, 11) is 1.81. The third kappa shape index (κ3) is 3.02. The van der Waals surface area contributed by atoms with Gasteiger partial charge >= 0.3 is 0 Å². The van der Waals surface area contributed by atoms with Crippen LogP contribution in [0.25, 0.3) is 0 Å². The van der Waals surface area contributed by atoms with Gasteiger partial charge in [-0.1, -0.05) is 0 Å². The van der Waals surface area contributed by atoms with Crippen molar-refractivity contribution in [3.8, 4) is 5.88 Å². The normalized spacial score (nSPS) is 13.2. The summed E-state index contributed by atoms with van der Waals surface area (Å²) in [6.45, 7) is 1.72. The number of aliphatic imine (C=N–C) groups is 1. The SMILES string of the molecule is Cc1c(Nc2ncc(C3=NC3)c(OCC(F)F)n2)cnn1C. The number of hydrogen-bond acceptors (Lipinski definition) is 6. The summed E-state index contributed by atoms with van der Waals surface area (Å²) in [6, 6.07) is 0. The van der Waals surface area contributed by atoms with Gasteiger partial charge in [0.15, 0.2) is 6.61 Å². The van der Waals surface area contributed by atoms with Crippen LogP contribution in [0, 0.1) is 6.92 Å². The molecule has 0 unspecified atom stereocenters. The van der Waals surface area contributed by atoms with E-state index in [0.717, 1.165) is 17.1 Å². The molecule has 0 aromatic carbocycles. The Balaban J connectivity index is 1.84. The highest BCUT2D eigenvalue weighted by atomic mass is 19.3. The lowest BCUT2D eigenvalue weighted by Gasteiger charge is -2.10. The molecule has 0 fully saturated rings. The van der Waals surface area contributed by atoms with Crippen molar-refractivity contribution in [3.05, 3.63) is 23.7 Å². The lowest BCUT2D eigenvalue weighted by atomic mass is 10.2. The third-order valence-electron chi connectivity index (χ3n) is 3.21. The van der Waals surface area contributed by atoms with E-state index in [-0.39, 0.29) is 11.8 Å². The zero-order chi connectivity index (χ0) is 15.7. The highest BCUT2D eigenvalue weighted by molar-refractivity contribution is 6.11. The molecule has 0 atom stereocenters. The van der Waals surface area contributed by atoms with Gasteiger partial charge in [-0.25, -0.2) is 13.8 Å². The molecule has 9 heteroatoms. The number of nitrogens with zero attached hydrogens (tertiary/aromatic N) is 5. The lowest BCUT2D eigenvalue weighted by molar-refractivity contribution is 0.0795. The van der Waals surface area contributed by atoms with E-state index in [4.69, 9.17) is 4.74 Å². The van der Waals surface area contributed by atoms with Crippen molar-refractivity contribution in [3.63, 3.8) is 0 Å². The van der Waals surface area contributed by atoms with Crippen LogP contribution < -0.4 is 10.1 Å². The van der Waals surface area contributed by atoms with Gasteiger partial charge in [0.1, 0.15) is 0 Å². The first kappa shape index (κ1) is 14.4. The number of hydrogen-bond donors (Lipinski definition) is 1. The van der Waals surface area contributed by atoms with Crippen LogP contribution in [0.2, 0.25) is 0 Å². The second-order valence-electron chi connectivity index (χ2n) is 4.77. The number of rotatable bonds is 6. The fourth-order valence-electron chi connectivity index (χ4n) is 1.83. The minimum Gasteiger partial charge on any atom is -0.471 e. The van der Waals surface area contributed by atoms with Gasteiger partial charge in [-0.15, -0.1) is 0 Å². The second kappa shape index (κ2) is 5.66. The van der Waals surface area contributed by atoms with Crippen molar-refractivity contribution in [2.24, 2.45) is 12.0 Å². The Labute approximate surface area is 125 Å². The topological polar surface area (TPSA) is 77.2 Å². The first-order valence-corrected chi connectivity index (χ1v) is 6.62. The first-order valence-electron chi connectivity index (χ1n) is 6.62. The van der Waals surface area contributed by atoms with Crippen molar-refractivity contribution in [1.82, 2.24) is 19.7 Å². The number of anilines is 2. The molecule has 0 saturated heterocycles. The fourth-order valence-corrected chi connectivity index (χ4v) is 1.83. The molecule has 0 radical (unpaired) electrons. The molecular weight excluding hydrogens is 294 g/mol. The van der Waals surface area contributed by atoms with Crippen LogP contribution in [0.3, 0.4) is 0 Å². The fraction of sp³-hybridized carbons (Fsp3) is 0.385. The summed E-state index contributed by atoms with van der Waals surface area (Å²) in [4.78, 5) is 12.3. The minimum atomic E-state index is -2.57. The molecule has 2 aromatic rings. The molecular formula is C13H14F2N6O. The Hall–Kier alpha value is -2.58. The number of halogens is 2. The molecule has 0 aliphatic carbocycles. The molecule has 1 aliphatic rings. The zero-order valence-corrected chi connectivity index (χ0v) is 12.0. The molecule has 0 amide bonds. The maximum absolute atomic E-state index is 12.3. The number of alkyl halides is 2. The standard InChI is InChI=1S/C13H14F2N6O/c1-7-9(5-18-21(7)2)19-13-17-3-8(10-4-16-10)12(20-13)22-6-11(14)15/h3,5,11H,4,6H2,1-2H3,(H,17,19,20). The van der Waals surface area contributed by atoms with E-state index < -0.39 is 13.0 Å². The van der Waals surface area contributed by atoms with Gasteiger partial charge in [-0.2, -0.15) is 10.1 Å². The Kier molecular flexibility index (Phi) is 3.70. The van der Waals surface area contributed by atoms with E-state index in [1.807, 2.05) is 14.0 Å². The summed E-state index contributed by atoms with van der Waals surface area (Å²) in [6.07, 6.45) is 0.589. The predicted molar refractivity (Wildman–Crippen MR) is 76.2 cm³/mol. The minimum absolute atomic E-state index is 0.107. The van der Waals surface area contributed by atoms with Crippen LogP contribution in [-0.2, 0) is 7.05 Å². The van der Waals surface area contributed by atoms with Gasteiger partial charge < -0.3 is 10.1 Å². The van der Waals surface area contributed by atoms with Crippen molar-refractivity contribution in [2.75, 3.05) is 18.5 Å². The maximum Gasteiger partial charge on any atom is 0.272 e. The van der Waals surface area contributed by atoms with Crippen molar-refractivity contribution in [2.45, 2.75) is 13.3 Å². The average molecular weight is 308 g/mol. The van der Waals surface area contributed by atoms with E-state index in [1.54, 1.807) is 10.9 Å². The van der Waals surface area contributed by atoms with Gasteiger partial charge in [0.25, 0.3) is 6.43 Å². The Morgan fingerprint density at radius 2 is 2.18 bits per heavy atom. The molecule has 0 saturated carbocycles. The van der Waals surface area contributed by atoms with Gasteiger partial charge in [0.2, 0.25) is 11.8 Å². The van der Waals surface area contributed by atoms with Crippen molar-refractivity contribution in [1.29, 1.82) is 0 Å². The number of nitrogens with one attached hydrogen (secondary N) is 1. The molecule has 116 valence electrons. The molecule has 3 rings (SSSR count). The monoisotopic (exact) mass is 308 g/mol. The van der Waals surface area contributed by atoms with E-state index in [0.29, 0.717) is 12.1 Å². The molecule has 2 aromatic heterocycles. The van der Waals surface area contributed by atoms with E-state index in [9.17, 15) is 8.78 Å². The second-order valence-corrected chi connectivity index (χ2v) is 4.77. The van der Waals surface area contributed by atoms with Crippen LogP contribution in [0.5, 0.6) is 5.88 Å². The Bertz CT molecular complexity index is 727. The van der Waals surface area contributed by atoms with Gasteiger partial charge in [-0.3, -0.25) is 9.67 Å². The third-order valence-corrected chi connectivity index (χ3v) is 3.21. The summed E-state index contributed by atoms with van der Waals surface area (Å²) in [5, 5.41) is 7.09. The lowest BCUT2D eigenvalue weighted by Crippen LogP contribution is -2.12. The van der Waals surface area contributed by atoms with Crippen LogP contribution >= 0.6 is 0 Å². The maximum atomic E-state index is 12.3. The summed E-state index contributed by atoms with van der Waals surface area (Å²) in [5.41, 5.74) is 2.94. The van der Waals surface area contributed by atoms with Crippen LogP contribution in [0.4, 0.5) is 20.4 Å². The zero-order valence-electron chi connectivity index (χ0n) is 12.0. The van der Waals surface area contributed by atoms with Crippen LogP contribution in [-0.4, -0.2) is 45.0 Å². The first-order chi connectivity index (χ1) is 10.5. The molecule has 22 heavy (non-hydrogen) atoms. The van der Waals surface area contributed by atoms with E-state index in [1.165, 1.54) is 6.20 Å². The number of ether oxygens (including phenoxy) is 1. The van der Waals surface area contributed by atoms with Crippen LogP contribution in [0.15, 0.2) is 17.4 Å². The summed E-state index contributed by atoms with van der Waals surface area (Å²) >= 11 is 0. The quantitative estimate of drug-likeness (QED) is 0.879. The average Bonchev–Trinajstić information content (AvgIpc) is 3.28. The highest BCUT2D eigenvalue weighted by Crippen LogP contribution is 2.24. The Morgan fingerprint density at radius 1 is 1.41 bits per heavy atom. The largest absolute Gasteiger partial charge is 0.471 e. The smallest absolute Gasteiger partial charge is 0.272 e. The van der Waals surface area contributed by atoms with Crippen molar-refractivity contribution >= 4 is 17.3 Å². The molecule has 3 heterocycles. The molecule has 1 N–H and O–H groups in total. The van der Waals surface area contributed by atoms with Gasteiger partial charge in [0.05, 0.1) is 35.4 Å². The van der Waals surface area contributed by atoms with Crippen molar-refractivity contribution < 1.29 is 13.5 Å². The van der Waals surface area contributed by atoms with Gasteiger partial charge in [-0.05, 0) is 6.92 Å². The number of aryl methyl sites for hydroxylation is 1. The van der Waals surface area contributed by atoms with Gasteiger partial charge in [0, 0.05) is 13.2 Å². The van der Waals surface area contributed by atoms with E-state index in [2.05, 4.69) is 25.4 Å². The Morgan fingerprint density at radius 3 is 2.77 bits per heavy atom. The molecule has 0 bridgehead atoms. The predicted octanol–water partition coefficient (Wildman–Crippen LogP) is 1.71. The molecule has 1 aliphatic heterocycles. The number of aromatic nitrogens is 4. The van der Waals surface area contributed by atoms with Crippen LogP contribution in [0.1, 0.15) is 11.3 Å². The van der Waals surface area contributed by atoms with E-state index >= 15 is 0 Å². The molecule has 0 spiro atoms. The summed E-state index contributed by atoms with van der Waals surface area (Å²) in [5.74, 6) is 0.362.